The van der Waals surface area contributed by atoms with Gasteiger partial charge in [0.25, 0.3) is 10.0 Å². The molecule has 2 amide bonds. The molecule has 3 aromatic rings. The van der Waals surface area contributed by atoms with Crippen LogP contribution in [0, 0.1) is 5.82 Å². The zero-order valence-electron chi connectivity index (χ0n) is 22.3. The van der Waals surface area contributed by atoms with Gasteiger partial charge in [-0.3, -0.25) is 13.9 Å². The first-order chi connectivity index (χ1) is 18.7. The number of benzene rings is 3. The van der Waals surface area contributed by atoms with Crippen molar-refractivity contribution < 1.29 is 27.1 Å². The van der Waals surface area contributed by atoms with Crippen LogP contribution in [0.25, 0.3) is 0 Å². The topological polar surface area (TPSA) is 96.0 Å². The summed E-state index contributed by atoms with van der Waals surface area (Å²) in [6.45, 7) is 5.78. The quantitative estimate of drug-likeness (QED) is 0.338. The van der Waals surface area contributed by atoms with Crippen LogP contribution in [0.4, 0.5) is 10.1 Å². The van der Waals surface area contributed by atoms with Crippen molar-refractivity contribution in [3.05, 3.63) is 90.2 Å². The van der Waals surface area contributed by atoms with Crippen LogP contribution in [0.5, 0.6) is 5.75 Å². The maximum atomic E-state index is 13.8. The molecular weight excluding hydrogens is 521 g/mol. The van der Waals surface area contributed by atoms with Crippen LogP contribution in [0.2, 0.25) is 0 Å². The summed E-state index contributed by atoms with van der Waals surface area (Å²) >= 11 is 0. The molecule has 3 rings (SSSR count). The molecule has 1 atom stereocenters. The minimum absolute atomic E-state index is 0.105. The van der Waals surface area contributed by atoms with Crippen LogP contribution in [0.15, 0.2) is 83.8 Å². The van der Waals surface area contributed by atoms with Crippen LogP contribution in [-0.2, 0) is 26.2 Å². The van der Waals surface area contributed by atoms with Gasteiger partial charge in [-0.15, -0.1) is 0 Å². The number of ether oxygens (including phenoxy) is 1. The molecule has 0 fully saturated rings. The van der Waals surface area contributed by atoms with E-state index in [4.69, 9.17) is 4.74 Å². The molecule has 8 nitrogen and oxygen atoms in total. The zero-order chi connectivity index (χ0) is 28.4. The Bertz CT molecular complexity index is 1330. The third kappa shape index (κ3) is 7.79. The number of anilines is 1. The predicted octanol–water partition coefficient (Wildman–Crippen LogP) is 4.36. The average molecular weight is 556 g/mol. The molecular formula is C29H34FN3O5S. The van der Waals surface area contributed by atoms with E-state index in [9.17, 15) is 22.4 Å². The zero-order valence-corrected chi connectivity index (χ0v) is 23.2. The Morgan fingerprint density at radius 3 is 2.18 bits per heavy atom. The third-order valence-electron chi connectivity index (χ3n) is 6.03. The van der Waals surface area contributed by atoms with Gasteiger partial charge < -0.3 is 15.0 Å². The van der Waals surface area contributed by atoms with Crippen molar-refractivity contribution in [2.45, 2.75) is 44.7 Å². The molecule has 0 heterocycles. The summed E-state index contributed by atoms with van der Waals surface area (Å²) in [4.78, 5) is 27.9. The van der Waals surface area contributed by atoms with E-state index in [2.05, 4.69) is 5.32 Å². The lowest BCUT2D eigenvalue weighted by atomic mass is 10.1. The molecule has 0 radical (unpaired) electrons. The number of halogens is 1. The summed E-state index contributed by atoms with van der Waals surface area (Å²) in [7, 11) is -4.28. The molecule has 3 aromatic carbocycles. The minimum Gasteiger partial charge on any atom is -0.494 e. The van der Waals surface area contributed by atoms with Gasteiger partial charge in [0.15, 0.2) is 0 Å². The first-order valence-electron chi connectivity index (χ1n) is 12.8. The molecule has 0 aliphatic heterocycles. The van der Waals surface area contributed by atoms with Crippen molar-refractivity contribution in [1.82, 2.24) is 10.2 Å². The van der Waals surface area contributed by atoms with Crippen LogP contribution < -0.4 is 14.4 Å². The standard InChI is InChI=1S/C29H34FN3O5S/c1-4-19-31-29(35)22(3)32(20-23-9-7-6-8-10-23)28(34)21-33(25-13-15-26(16-14-25)38-5-2)39(36,37)27-17-11-24(30)12-18-27/h6-18,22H,4-5,19-21H2,1-3H3,(H,31,35)/t22-/m1/s1. The van der Waals surface area contributed by atoms with Crippen LogP contribution in [0.3, 0.4) is 0 Å². The fraction of sp³-hybridized carbons (Fsp3) is 0.310. The number of sulfonamides is 1. The second-order valence-electron chi connectivity index (χ2n) is 8.87. The van der Waals surface area contributed by atoms with Gasteiger partial charge in [-0.25, -0.2) is 12.8 Å². The predicted molar refractivity (Wildman–Crippen MR) is 148 cm³/mol. The molecule has 0 saturated carbocycles. The van der Waals surface area contributed by atoms with Gasteiger partial charge in [-0.2, -0.15) is 0 Å². The highest BCUT2D eigenvalue weighted by molar-refractivity contribution is 7.92. The van der Waals surface area contributed by atoms with Crippen LogP contribution in [-0.4, -0.2) is 50.9 Å². The monoisotopic (exact) mass is 555 g/mol. The summed E-state index contributed by atoms with van der Waals surface area (Å²) in [5.74, 6) is -0.954. The maximum absolute atomic E-state index is 13.8. The van der Waals surface area contributed by atoms with E-state index >= 15 is 0 Å². The van der Waals surface area contributed by atoms with Gasteiger partial charge in [0.1, 0.15) is 24.2 Å². The summed E-state index contributed by atoms with van der Waals surface area (Å²) in [5, 5.41) is 2.80. The number of nitrogens with zero attached hydrogens (tertiary/aromatic N) is 2. The second-order valence-corrected chi connectivity index (χ2v) is 10.7. The second kappa shape index (κ2) is 13.7. The molecule has 0 aliphatic carbocycles. The normalized spacial score (nSPS) is 11.9. The SMILES string of the molecule is CCCNC(=O)[C@@H](C)N(Cc1ccccc1)C(=O)CN(c1ccc(OCC)cc1)S(=O)(=O)c1ccc(F)cc1. The molecule has 10 heteroatoms. The van der Waals surface area contributed by atoms with Crippen molar-refractivity contribution in [2.24, 2.45) is 0 Å². The number of nitrogens with one attached hydrogen (secondary N) is 1. The lowest BCUT2D eigenvalue weighted by Gasteiger charge is -2.32. The number of amides is 2. The Labute approximate surface area is 229 Å². The lowest BCUT2D eigenvalue weighted by Crippen LogP contribution is -2.51. The highest BCUT2D eigenvalue weighted by atomic mass is 32.2. The summed E-state index contributed by atoms with van der Waals surface area (Å²) < 4.78 is 47.5. The van der Waals surface area contributed by atoms with Gasteiger partial charge in [-0.05, 0) is 74.4 Å². The third-order valence-corrected chi connectivity index (χ3v) is 7.82. The molecule has 39 heavy (non-hydrogen) atoms. The van der Waals surface area contributed by atoms with Crippen LogP contribution >= 0.6 is 0 Å². The highest BCUT2D eigenvalue weighted by Crippen LogP contribution is 2.27. The number of carbonyl (C=O) groups is 2. The average Bonchev–Trinajstić information content (AvgIpc) is 2.94. The molecule has 0 spiro atoms. The maximum Gasteiger partial charge on any atom is 0.264 e. The van der Waals surface area contributed by atoms with Crippen molar-refractivity contribution >= 4 is 27.5 Å². The summed E-state index contributed by atoms with van der Waals surface area (Å²) in [6, 6.07) is 19.0. The number of rotatable bonds is 13. The number of carbonyl (C=O) groups excluding carboxylic acids is 2. The van der Waals surface area contributed by atoms with Gasteiger partial charge in [0.2, 0.25) is 11.8 Å². The van der Waals surface area contributed by atoms with E-state index in [-0.39, 0.29) is 23.0 Å². The first-order valence-corrected chi connectivity index (χ1v) is 14.2. The van der Waals surface area contributed by atoms with E-state index < -0.39 is 34.3 Å². The Hall–Kier alpha value is -3.92. The van der Waals surface area contributed by atoms with Crippen molar-refractivity contribution in [3.63, 3.8) is 0 Å². The fourth-order valence-electron chi connectivity index (χ4n) is 3.90. The van der Waals surface area contributed by atoms with Crippen molar-refractivity contribution in [1.29, 1.82) is 0 Å². The summed E-state index contributed by atoms with van der Waals surface area (Å²) in [5.41, 5.74) is 1.01. The Kier molecular flexibility index (Phi) is 10.4. The highest BCUT2D eigenvalue weighted by Gasteiger charge is 2.32. The molecule has 0 aliphatic rings. The smallest absolute Gasteiger partial charge is 0.264 e. The van der Waals surface area contributed by atoms with E-state index in [0.717, 1.165) is 40.6 Å². The molecule has 0 aromatic heterocycles. The fourth-order valence-corrected chi connectivity index (χ4v) is 5.31. The van der Waals surface area contributed by atoms with E-state index in [0.29, 0.717) is 18.9 Å². The Morgan fingerprint density at radius 2 is 1.59 bits per heavy atom. The Morgan fingerprint density at radius 1 is 0.949 bits per heavy atom. The molecule has 208 valence electrons. The minimum atomic E-state index is -4.28. The first kappa shape index (κ1) is 29.6. The van der Waals surface area contributed by atoms with Gasteiger partial charge >= 0.3 is 0 Å². The van der Waals surface area contributed by atoms with Gasteiger partial charge in [0, 0.05) is 13.1 Å². The molecule has 0 saturated heterocycles. The Balaban J connectivity index is 2.00. The van der Waals surface area contributed by atoms with Crippen molar-refractivity contribution in [2.75, 3.05) is 24.0 Å². The van der Waals surface area contributed by atoms with E-state index in [1.54, 1.807) is 19.1 Å². The largest absolute Gasteiger partial charge is 0.494 e. The van der Waals surface area contributed by atoms with E-state index in [1.165, 1.54) is 17.0 Å². The van der Waals surface area contributed by atoms with Gasteiger partial charge in [-0.1, -0.05) is 37.3 Å². The van der Waals surface area contributed by atoms with Gasteiger partial charge in [0.05, 0.1) is 17.2 Å². The van der Waals surface area contributed by atoms with E-state index in [1.807, 2.05) is 44.2 Å². The number of hydrogen-bond acceptors (Lipinski definition) is 5. The lowest BCUT2D eigenvalue weighted by molar-refractivity contribution is -0.139. The molecule has 0 bridgehead atoms. The molecule has 0 unspecified atom stereocenters. The summed E-state index contributed by atoms with van der Waals surface area (Å²) in [6.07, 6.45) is 0.729. The van der Waals surface area contributed by atoms with Crippen molar-refractivity contribution in [3.8, 4) is 5.75 Å². The molecule has 1 N–H and O–H groups in total. The number of hydrogen-bond donors (Lipinski definition) is 1. The van der Waals surface area contributed by atoms with Crippen LogP contribution in [0.1, 0.15) is 32.8 Å².